The van der Waals surface area contributed by atoms with Crippen LogP contribution in [0, 0.1) is 0 Å². The normalized spacial score (nSPS) is 14.0. The van der Waals surface area contributed by atoms with E-state index in [4.69, 9.17) is 16.2 Å². The van der Waals surface area contributed by atoms with E-state index in [2.05, 4.69) is 35.2 Å². The molecular weight excluding hydrogens is 576 g/mol. The molecule has 1 aliphatic heterocycles. The highest BCUT2D eigenvalue weighted by Gasteiger charge is 2.24. The van der Waals surface area contributed by atoms with Crippen LogP contribution in [0.15, 0.2) is 47.0 Å². The average Bonchev–Trinajstić information content (AvgIpc) is 3.64. The molecule has 0 aliphatic carbocycles. The predicted molar refractivity (Wildman–Crippen MR) is 162 cm³/mol. The predicted octanol–water partition coefficient (Wildman–Crippen LogP) is 3.48. The largest absolute Gasteiger partial charge is 0.381 e. The maximum Gasteiger partial charge on any atom is 0.269 e. The van der Waals surface area contributed by atoms with Gasteiger partial charge in [0.2, 0.25) is 0 Å². The highest BCUT2D eigenvalue weighted by Crippen LogP contribution is 2.32. The maximum atomic E-state index is 11.9. The number of hydrogen-bond donors (Lipinski definition) is 3. The summed E-state index contributed by atoms with van der Waals surface area (Å²) in [5.74, 6) is -1.06. The number of primary amides is 2. The van der Waals surface area contributed by atoms with Gasteiger partial charge in [0.15, 0.2) is 16.0 Å². The van der Waals surface area contributed by atoms with Crippen molar-refractivity contribution in [3.63, 3.8) is 0 Å². The lowest BCUT2D eigenvalue weighted by Gasteiger charge is -2.23. The molecule has 1 saturated heterocycles. The van der Waals surface area contributed by atoms with Crippen molar-refractivity contribution >= 4 is 78.9 Å². The number of fused-ring (bicyclic) bond motifs is 6. The summed E-state index contributed by atoms with van der Waals surface area (Å²) < 4.78 is 7.36. The molecule has 7 rings (SSSR count). The number of nitrogens with two attached hydrogens (primary N) is 2. The molecule has 42 heavy (non-hydrogen) atoms. The van der Waals surface area contributed by atoms with Crippen LogP contribution >= 0.6 is 23.5 Å². The summed E-state index contributed by atoms with van der Waals surface area (Å²) in [6.45, 7) is 1.38. The molecule has 5 heterocycles. The summed E-state index contributed by atoms with van der Waals surface area (Å²) in [4.78, 5) is 40.7. The van der Waals surface area contributed by atoms with Crippen molar-refractivity contribution < 1.29 is 14.3 Å². The first-order chi connectivity index (χ1) is 20.4. The van der Waals surface area contributed by atoms with Crippen molar-refractivity contribution in [2.75, 3.05) is 25.7 Å². The number of thioether (sulfide) groups is 2. The number of amides is 2. The van der Waals surface area contributed by atoms with Crippen LogP contribution in [0.4, 0.5) is 0 Å². The molecule has 0 radical (unpaired) electrons. The number of nitrogens with zero attached hydrogens (tertiary/aromatic N) is 7. The van der Waals surface area contributed by atoms with Crippen LogP contribution in [0.1, 0.15) is 39.9 Å². The second kappa shape index (κ2) is 11.5. The minimum atomic E-state index is -0.531. The Morgan fingerprint density at radius 1 is 0.881 bits per heavy atom. The number of H-pyrrole nitrogens is 1. The van der Waals surface area contributed by atoms with Gasteiger partial charge in [-0.2, -0.15) is 10.2 Å². The molecule has 2 aromatic carbocycles. The van der Waals surface area contributed by atoms with Gasteiger partial charge in [-0.15, -0.1) is 0 Å². The molecule has 0 bridgehead atoms. The molecule has 0 atom stereocenters. The van der Waals surface area contributed by atoms with E-state index in [-0.39, 0.29) is 6.04 Å². The second-order valence-electron chi connectivity index (χ2n) is 9.48. The Labute approximate surface area is 247 Å². The van der Waals surface area contributed by atoms with Gasteiger partial charge >= 0.3 is 0 Å². The number of aromatic nitrogens is 8. The molecule has 1 aliphatic rings. The molecule has 1 fully saturated rings. The van der Waals surface area contributed by atoms with E-state index in [0.29, 0.717) is 45.8 Å². The SMILES string of the molecule is CSc1ncc2ccc3c(C(N)=O)[nH]nc3c2n1.CSc1ncc2ccc3c(C(N)=O)nn(C4CCOCC4)c3c2n1. The summed E-state index contributed by atoms with van der Waals surface area (Å²) in [5, 5.41) is 15.9. The Hall–Kier alpha value is -4.34. The van der Waals surface area contributed by atoms with Gasteiger partial charge in [0, 0.05) is 47.2 Å². The zero-order valence-corrected chi connectivity index (χ0v) is 24.3. The number of ether oxygens (including phenoxy) is 1. The Balaban J connectivity index is 0.000000157. The number of carbonyl (C=O) groups is 2. The molecule has 4 aromatic heterocycles. The first-order valence-corrected chi connectivity index (χ1v) is 15.4. The van der Waals surface area contributed by atoms with E-state index in [0.717, 1.165) is 45.6 Å². The lowest BCUT2D eigenvalue weighted by molar-refractivity contribution is 0.0673. The Morgan fingerprint density at radius 3 is 2.12 bits per heavy atom. The summed E-state index contributed by atoms with van der Waals surface area (Å²) in [6, 6.07) is 7.60. The van der Waals surface area contributed by atoms with Crippen molar-refractivity contribution in [2.45, 2.75) is 29.2 Å². The third-order valence-electron chi connectivity index (χ3n) is 7.03. The third kappa shape index (κ3) is 4.99. The molecule has 2 amide bonds. The van der Waals surface area contributed by atoms with E-state index in [1.165, 1.54) is 23.5 Å². The third-order valence-corrected chi connectivity index (χ3v) is 8.15. The van der Waals surface area contributed by atoms with E-state index in [1.54, 1.807) is 18.5 Å². The smallest absolute Gasteiger partial charge is 0.269 e. The maximum absolute atomic E-state index is 11.9. The minimum absolute atomic E-state index is 0.174. The molecule has 0 unspecified atom stereocenters. The van der Waals surface area contributed by atoms with Gasteiger partial charge in [0.25, 0.3) is 11.8 Å². The van der Waals surface area contributed by atoms with E-state index < -0.39 is 11.8 Å². The Kier molecular flexibility index (Phi) is 7.62. The zero-order valence-electron chi connectivity index (χ0n) is 22.7. The highest BCUT2D eigenvalue weighted by molar-refractivity contribution is 7.98. The summed E-state index contributed by atoms with van der Waals surface area (Å²) in [7, 11) is 0. The number of rotatable bonds is 5. The van der Waals surface area contributed by atoms with Crippen LogP contribution in [-0.4, -0.2) is 77.5 Å². The van der Waals surface area contributed by atoms with Gasteiger partial charge in [-0.05, 0) is 37.5 Å². The van der Waals surface area contributed by atoms with Crippen molar-refractivity contribution in [2.24, 2.45) is 11.5 Å². The average molecular weight is 603 g/mol. The van der Waals surface area contributed by atoms with Gasteiger partial charge in [-0.25, -0.2) is 19.9 Å². The van der Waals surface area contributed by atoms with Crippen molar-refractivity contribution in [3.8, 4) is 0 Å². The van der Waals surface area contributed by atoms with E-state index in [1.807, 2.05) is 35.4 Å². The van der Waals surface area contributed by atoms with Crippen LogP contribution in [-0.2, 0) is 4.74 Å². The molecule has 0 spiro atoms. The van der Waals surface area contributed by atoms with Crippen LogP contribution < -0.4 is 11.5 Å². The fourth-order valence-electron chi connectivity index (χ4n) is 5.01. The van der Waals surface area contributed by atoms with Crippen LogP contribution in [0.5, 0.6) is 0 Å². The summed E-state index contributed by atoms with van der Waals surface area (Å²) in [5.41, 5.74) is 14.4. The molecule has 5 N–H and O–H groups in total. The second-order valence-corrected chi connectivity index (χ2v) is 11.0. The fourth-order valence-corrected chi connectivity index (χ4v) is 5.70. The number of nitrogens with one attached hydrogen (secondary N) is 1. The number of carbonyl (C=O) groups excluding carboxylic acids is 2. The highest BCUT2D eigenvalue weighted by atomic mass is 32.2. The summed E-state index contributed by atoms with van der Waals surface area (Å²) in [6.07, 6.45) is 9.09. The zero-order chi connectivity index (χ0) is 29.4. The first-order valence-electron chi connectivity index (χ1n) is 13.0. The van der Waals surface area contributed by atoms with Gasteiger partial charge in [-0.1, -0.05) is 35.7 Å². The summed E-state index contributed by atoms with van der Waals surface area (Å²) >= 11 is 2.94. The van der Waals surface area contributed by atoms with Gasteiger partial charge in [-0.3, -0.25) is 19.4 Å². The molecule has 0 saturated carbocycles. The molecule has 15 heteroatoms. The van der Waals surface area contributed by atoms with E-state index >= 15 is 0 Å². The quantitative estimate of drug-likeness (QED) is 0.193. The van der Waals surface area contributed by atoms with Crippen molar-refractivity contribution in [3.05, 3.63) is 48.0 Å². The van der Waals surface area contributed by atoms with Gasteiger partial charge < -0.3 is 16.2 Å². The lowest BCUT2D eigenvalue weighted by Crippen LogP contribution is -2.21. The monoisotopic (exact) mass is 602 g/mol. The molecule has 214 valence electrons. The molecular formula is C27H26N10O3S2. The standard InChI is InChI=1S/C16H17N5O2S.C11H9N5OS/c1-24-16-18-8-9-2-3-11-13(15(17)22)20-21(14(11)12(9)19-16)10-4-6-23-7-5-10;1-18-11-13-4-5-2-3-6-8(7(5)14-11)15-16-9(6)10(12)17/h2-3,8,10H,4-7H2,1H3,(H2,17,22);2-4H,1H3,(H2,12,17)(H,15,16). The molecule has 6 aromatic rings. The number of aromatic amines is 1. The van der Waals surface area contributed by atoms with Gasteiger partial charge in [0.05, 0.1) is 11.6 Å². The Bertz CT molecular complexity index is 1980. The van der Waals surface area contributed by atoms with Crippen molar-refractivity contribution in [1.29, 1.82) is 0 Å². The van der Waals surface area contributed by atoms with Crippen LogP contribution in [0.2, 0.25) is 0 Å². The van der Waals surface area contributed by atoms with Crippen LogP contribution in [0.3, 0.4) is 0 Å². The first kappa shape index (κ1) is 27.8. The minimum Gasteiger partial charge on any atom is -0.381 e. The van der Waals surface area contributed by atoms with E-state index in [9.17, 15) is 9.59 Å². The van der Waals surface area contributed by atoms with Gasteiger partial charge in [0.1, 0.15) is 22.2 Å². The fraction of sp³-hybridized carbons (Fsp3) is 0.259. The molecule has 13 nitrogen and oxygen atoms in total. The number of benzene rings is 2. The topological polar surface area (TPSA) is 193 Å². The number of hydrogen-bond acceptors (Lipinski definition) is 11. The Morgan fingerprint density at radius 2 is 1.50 bits per heavy atom. The van der Waals surface area contributed by atoms with Crippen molar-refractivity contribution in [1.82, 2.24) is 39.9 Å². The van der Waals surface area contributed by atoms with Crippen LogP contribution in [0.25, 0.3) is 43.6 Å². The lowest BCUT2D eigenvalue weighted by atomic mass is 10.1.